The van der Waals surface area contributed by atoms with Crippen molar-refractivity contribution in [1.82, 2.24) is 0 Å². The lowest BCUT2D eigenvalue weighted by atomic mass is 9.90. The maximum atomic E-state index is 12.2. The SMILES string of the molecule is C[N+](C)(CCC(O)CC(=O)O)[C@](O)(C(=O)O)[C@@](O)(C(=O)O)[N+](C)(C)CCC(O)CC(=O)O. The number of carboxylic acids is 4. The summed E-state index contributed by atoms with van der Waals surface area (Å²) >= 11 is 0. The van der Waals surface area contributed by atoms with Crippen molar-refractivity contribution in [3.8, 4) is 0 Å². The quantitative estimate of drug-likeness (QED) is 0.0892. The van der Waals surface area contributed by atoms with Gasteiger partial charge in [-0.2, -0.15) is 0 Å². The number of aliphatic carboxylic acids is 4. The van der Waals surface area contributed by atoms with E-state index in [4.69, 9.17) is 10.2 Å². The Morgan fingerprint density at radius 1 is 0.656 bits per heavy atom. The fourth-order valence-electron chi connectivity index (χ4n) is 3.53. The first-order valence-electron chi connectivity index (χ1n) is 9.63. The lowest BCUT2D eigenvalue weighted by Gasteiger charge is -2.52. The largest absolute Gasteiger partial charge is 0.481 e. The molecule has 0 spiro atoms. The second-order valence-corrected chi connectivity index (χ2v) is 8.85. The predicted octanol–water partition coefficient (Wildman–Crippen LogP) is -2.86. The van der Waals surface area contributed by atoms with Gasteiger partial charge in [0.2, 0.25) is 0 Å². The van der Waals surface area contributed by atoms with Crippen LogP contribution < -0.4 is 0 Å². The molecule has 0 aromatic carbocycles. The van der Waals surface area contributed by atoms with Crippen LogP contribution in [0.1, 0.15) is 25.7 Å². The van der Waals surface area contributed by atoms with Gasteiger partial charge in [0.15, 0.2) is 0 Å². The molecular formula is C18H34N2O12+2. The lowest BCUT2D eigenvalue weighted by Crippen LogP contribution is -2.85. The molecule has 14 nitrogen and oxygen atoms in total. The average molecular weight is 470 g/mol. The van der Waals surface area contributed by atoms with Gasteiger partial charge in [0, 0.05) is 12.8 Å². The first-order chi connectivity index (χ1) is 14.3. The molecule has 8 N–H and O–H groups in total. The van der Waals surface area contributed by atoms with Crippen molar-refractivity contribution in [2.24, 2.45) is 0 Å². The molecule has 0 fully saturated rings. The van der Waals surface area contributed by atoms with E-state index in [-0.39, 0.29) is 12.8 Å². The highest BCUT2D eigenvalue weighted by atomic mass is 16.5. The van der Waals surface area contributed by atoms with Crippen LogP contribution in [0.4, 0.5) is 0 Å². The zero-order chi connectivity index (χ0) is 25.7. The molecule has 0 rings (SSSR count). The van der Waals surface area contributed by atoms with E-state index in [1.165, 1.54) is 0 Å². The number of hydrogen-bond donors (Lipinski definition) is 8. The monoisotopic (exact) mass is 470 g/mol. The van der Waals surface area contributed by atoms with Crippen LogP contribution in [0, 0.1) is 0 Å². The van der Waals surface area contributed by atoms with Crippen LogP contribution in [0.5, 0.6) is 0 Å². The fourth-order valence-corrected chi connectivity index (χ4v) is 3.53. The molecule has 186 valence electrons. The molecular weight excluding hydrogens is 436 g/mol. The minimum Gasteiger partial charge on any atom is -0.481 e. The highest BCUT2D eigenvalue weighted by Crippen LogP contribution is 2.38. The summed E-state index contributed by atoms with van der Waals surface area (Å²) in [6.07, 6.45) is -4.86. The minimum atomic E-state index is -3.41. The van der Waals surface area contributed by atoms with Crippen LogP contribution in [0.25, 0.3) is 0 Å². The number of carbonyl (C=O) groups is 4. The van der Waals surface area contributed by atoms with Crippen molar-refractivity contribution in [3.63, 3.8) is 0 Å². The molecule has 0 aliphatic carbocycles. The van der Waals surface area contributed by atoms with Crippen LogP contribution in [-0.4, -0.2) is 139 Å². The number of nitrogens with zero attached hydrogens (tertiary/aromatic N) is 2. The van der Waals surface area contributed by atoms with Crippen LogP contribution in [0.2, 0.25) is 0 Å². The molecule has 4 atom stereocenters. The molecule has 14 heteroatoms. The van der Waals surface area contributed by atoms with E-state index < -0.39 is 82.4 Å². The number of aliphatic hydroxyl groups is 4. The summed E-state index contributed by atoms with van der Waals surface area (Å²) in [6, 6.07) is 0. The van der Waals surface area contributed by atoms with Gasteiger partial charge >= 0.3 is 35.3 Å². The van der Waals surface area contributed by atoms with Crippen molar-refractivity contribution in [3.05, 3.63) is 0 Å². The maximum absolute atomic E-state index is 12.2. The summed E-state index contributed by atoms with van der Waals surface area (Å²) in [5, 5.41) is 79.2. The Labute approximate surface area is 184 Å². The molecule has 0 amide bonds. The van der Waals surface area contributed by atoms with Gasteiger partial charge in [0.1, 0.15) is 0 Å². The number of rotatable bonds is 15. The van der Waals surface area contributed by atoms with Crippen molar-refractivity contribution >= 4 is 23.9 Å². The second-order valence-electron chi connectivity index (χ2n) is 8.85. The maximum Gasteiger partial charge on any atom is 0.406 e. The van der Waals surface area contributed by atoms with E-state index in [1.54, 1.807) is 0 Å². The summed E-state index contributed by atoms with van der Waals surface area (Å²) < 4.78 is -2.16. The fraction of sp³-hybridized carbons (Fsp3) is 0.778. The summed E-state index contributed by atoms with van der Waals surface area (Å²) in [5.74, 6) is -6.85. The topological polar surface area (TPSA) is 230 Å². The molecule has 0 aliphatic rings. The van der Waals surface area contributed by atoms with E-state index in [0.717, 1.165) is 28.2 Å². The Hall–Kier alpha value is -2.36. The summed E-state index contributed by atoms with van der Waals surface area (Å²) in [7, 11) is 4.37. The van der Waals surface area contributed by atoms with Gasteiger partial charge < -0.3 is 40.9 Å². The number of carboxylic acid groups (broad SMARTS) is 4. The van der Waals surface area contributed by atoms with E-state index >= 15 is 0 Å². The first kappa shape index (κ1) is 29.6. The van der Waals surface area contributed by atoms with Gasteiger partial charge in [0.05, 0.1) is 66.3 Å². The summed E-state index contributed by atoms with van der Waals surface area (Å²) in [5.41, 5.74) is -6.83. The van der Waals surface area contributed by atoms with Crippen molar-refractivity contribution in [2.75, 3.05) is 41.3 Å². The van der Waals surface area contributed by atoms with E-state index in [1.807, 2.05) is 0 Å². The Kier molecular flexibility index (Phi) is 9.73. The van der Waals surface area contributed by atoms with Gasteiger partial charge in [-0.3, -0.25) is 18.6 Å². The lowest BCUT2D eigenvalue weighted by molar-refractivity contribution is -1.04. The van der Waals surface area contributed by atoms with Crippen LogP contribution in [0.15, 0.2) is 0 Å². The number of aliphatic hydroxyl groups excluding tert-OH is 2. The molecule has 0 heterocycles. The molecule has 0 aromatic heterocycles. The molecule has 0 aliphatic heterocycles. The molecule has 0 saturated heterocycles. The highest BCUT2D eigenvalue weighted by Gasteiger charge is 2.79. The summed E-state index contributed by atoms with van der Waals surface area (Å²) in [4.78, 5) is 45.8. The van der Waals surface area contributed by atoms with E-state index in [0.29, 0.717) is 0 Å². The zero-order valence-corrected chi connectivity index (χ0v) is 18.5. The normalized spacial score (nSPS) is 18.1. The van der Waals surface area contributed by atoms with Crippen LogP contribution >= 0.6 is 0 Å². The van der Waals surface area contributed by atoms with Crippen molar-refractivity contribution in [2.45, 2.75) is 49.3 Å². The number of likely N-dealkylation sites (N-methyl/N-ethyl adjacent to an activating group) is 2. The highest BCUT2D eigenvalue weighted by molar-refractivity contribution is 5.88. The summed E-state index contributed by atoms with van der Waals surface area (Å²) in [6.45, 7) is -0.872. The molecule has 0 bridgehead atoms. The number of hydrogen-bond acceptors (Lipinski definition) is 8. The Morgan fingerprint density at radius 3 is 1.09 bits per heavy atom. The molecule has 32 heavy (non-hydrogen) atoms. The Balaban J connectivity index is 6.20. The van der Waals surface area contributed by atoms with Crippen LogP contribution in [0.3, 0.4) is 0 Å². The molecule has 0 saturated carbocycles. The third-order valence-corrected chi connectivity index (χ3v) is 5.70. The Bertz CT molecular complexity index is 665. The average Bonchev–Trinajstić information content (AvgIpc) is 2.61. The smallest absolute Gasteiger partial charge is 0.406 e. The van der Waals surface area contributed by atoms with Crippen molar-refractivity contribution < 1.29 is 69.0 Å². The van der Waals surface area contributed by atoms with Crippen molar-refractivity contribution in [1.29, 1.82) is 0 Å². The van der Waals surface area contributed by atoms with Gasteiger partial charge in [-0.1, -0.05) is 0 Å². The van der Waals surface area contributed by atoms with Gasteiger partial charge in [-0.05, 0) is 0 Å². The second kappa shape index (κ2) is 10.5. The van der Waals surface area contributed by atoms with Gasteiger partial charge in [-0.25, -0.2) is 9.59 Å². The molecule has 2 unspecified atom stereocenters. The molecule has 0 radical (unpaired) electrons. The zero-order valence-electron chi connectivity index (χ0n) is 18.5. The van der Waals surface area contributed by atoms with Gasteiger partial charge in [-0.15, -0.1) is 0 Å². The first-order valence-corrected chi connectivity index (χ1v) is 9.63. The predicted molar refractivity (Wildman–Crippen MR) is 105 cm³/mol. The standard InChI is InChI=1S/C18H32N2O12/c1-19(2,7-5-11(21)9-13(23)24)17(31,15(27)28)18(32,16(29)30)20(3,4)8-6-12(22)10-14(25)26/h11-12,21-22,31-32H,5-10H2,1-4H3,(H2-2,23,24,25,26,27,28,29,30)/p+2/t11?,12?,17-,18-/m0/s1. The minimum absolute atomic E-state index is 0.338. The van der Waals surface area contributed by atoms with Crippen LogP contribution in [-0.2, 0) is 19.2 Å². The third-order valence-electron chi connectivity index (χ3n) is 5.70. The number of quaternary nitrogens is 2. The third kappa shape index (κ3) is 6.11. The van der Waals surface area contributed by atoms with E-state index in [2.05, 4.69) is 0 Å². The Morgan fingerprint density at radius 2 is 0.906 bits per heavy atom. The molecule has 0 aromatic rings. The van der Waals surface area contributed by atoms with E-state index in [9.17, 15) is 49.8 Å². The van der Waals surface area contributed by atoms with Gasteiger partial charge in [0.25, 0.3) is 0 Å².